The summed E-state index contributed by atoms with van der Waals surface area (Å²) in [4.78, 5) is 33.5. The molecule has 12 heteroatoms. The molecule has 0 bridgehead atoms. The molecule has 1 aromatic carbocycles. The first-order valence-electron chi connectivity index (χ1n) is 7.41. The third-order valence-electron chi connectivity index (χ3n) is 3.72. The molecule has 2 aromatic heterocycles. The lowest BCUT2D eigenvalue weighted by molar-refractivity contribution is 0.0595. The number of halogens is 3. The molecule has 0 atom stereocenters. The smallest absolute Gasteiger partial charge is 0.346 e. The van der Waals surface area contributed by atoms with Gasteiger partial charge in [0.2, 0.25) is 0 Å². The molecule has 0 saturated heterocycles. The highest BCUT2D eigenvalue weighted by Gasteiger charge is 2.53. The lowest BCUT2D eigenvalue weighted by atomic mass is 10.1. The quantitative estimate of drug-likeness (QED) is 0.485. The molecule has 2 heterocycles. The lowest BCUT2D eigenvalue weighted by Gasteiger charge is -2.16. The summed E-state index contributed by atoms with van der Waals surface area (Å²) in [5.74, 6) is -0.427. The highest BCUT2D eigenvalue weighted by Crippen LogP contribution is 2.62. The van der Waals surface area contributed by atoms with Gasteiger partial charge in [0.15, 0.2) is 0 Å². The largest absolute Gasteiger partial charge is 0.400 e. The van der Waals surface area contributed by atoms with Crippen LogP contribution in [-0.2, 0) is 23.8 Å². The Balaban J connectivity index is 1.90. The summed E-state index contributed by atoms with van der Waals surface area (Å²) in [7, 11) is -3.89. The second-order valence-corrected chi connectivity index (χ2v) is 9.25. The van der Waals surface area contributed by atoms with Gasteiger partial charge < -0.3 is 19.7 Å². The second-order valence-electron chi connectivity index (χ2n) is 5.75. The fraction of sp³-hybridized carbons (Fsp3) is 0.200. The van der Waals surface area contributed by atoms with Crippen molar-refractivity contribution in [2.45, 2.75) is 12.2 Å². The van der Waals surface area contributed by atoms with Crippen LogP contribution in [0.1, 0.15) is 20.9 Å². The van der Waals surface area contributed by atoms with Crippen molar-refractivity contribution in [3.63, 3.8) is 0 Å². The molecule has 0 aliphatic carbocycles. The Labute approximate surface area is 164 Å². The molecule has 3 N–H and O–H groups in total. The molecule has 1 amide bonds. The number of fused-ring (bicyclic) bond motifs is 1. The van der Waals surface area contributed by atoms with Crippen molar-refractivity contribution in [2.24, 2.45) is 7.05 Å². The van der Waals surface area contributed by atoms with Gasteiger partial charge in [-0.15, -0.1) is 11.3 Å². The van der Waals surface area contributed by atoms with E-state index in [1.165, 1.54) is 18.2 Å². The number of carbonyl (C=O) groups is 1. The van der Waals surface area contributed by atoms with Crippen molar-refractivity contribution in [1.29, 1.82) is 0 Å². The summed E-state index contributed by atoms with van der Waals surface area (Å²) in [6, 6.07) is 4.31. The minimum Gasteiger partial charge on any atom is -0.346 e. The third kappa shape index (κ3) is 3.83. The second kappa shape index (κ2) is 7.06. The Morgan fingerprint density at radius 2 is 2.15 bits per heavy atom. The van der Waals surface area contributed by atoms with E-state index >= 15 is 0 Å². The average Bonchev–Trinajstić information content (AvgIpc) is 3.15. The number of benzene rings is 1. The summed E-state index contributed by atoms with van der Waals surface area (Å²) in [6.07, 6.45) is 3.34. The van der Waals surface area contributed by atoms with Gasteiger partial charge in [0.05, 0.1) is 18.6 Å². The van der Waals surface area contributed by atoms with Crippen LogP contribution in [0.25, 0.3) is 10.1 Å². The molecule has 3 aromatic rings. The fourth-order valence-corrected chi connectivity index (χ4v) is 5.29. The number of nitrogens with one attached hydrogen (secondary N) is 1. The standard InChI is InChI=1S/C15H13BrF2N3O4PS/c1-21-6-9(20-7-21)5-19-14(22)8-2-3-11-10(4-8)12(16)13(27-11)15(17,18)26(23,24)25/h2-4,6-7H,5H2,1H3,(H,19,22)(H2,23,24,25). The number of hydrogen-bond acceptors (Lipinski definition) is 4. The predicted octanol–water partition coefficient (Wildman–Crippen LogP) is 3.55. The molecule has 27 heavy (non-hydrogen) atoms. The number of aromatic nitrogens is 2. The number of imidazole rings is 1. The van der Waals surface area contributed by atoms with Gasteiger partial charge in [-0.3, -0.25) is 9.36 Å². The van der Waals surface area contributed by atoms with Gasteiger partial charge in [-0.25, -0.2) is 4.98 Å². The highest BCUT2D eigenvalue weighted by atomic mass is 79.9. The molecule has 0 aliphatic rings. The Morgan fingerprint density at radius 1 is 1.44 bits per heavy atom. The monoisotopic (exact) mass is 479 g/mol. The number of aryl methyl sites for hydroxylation is 1. The maximum absolute atomic E-state index is 14.1. The van der Waals surface area contributed by atoms with E-state index in [2.05, 4.69) is 26.2 Å². The molecule has 0 radical (unpaired) electrons. The normalized spacial score (nSPS) is 12.5. The number of hydrogen-bond donors (Lipinski definition) is 3. The minimum absolute atomic E-state index is 0.143. The van der Waals surface area contributed by atoms with Gasteiger partial charge in [0, 0.05) is 33.4 Å². The zero-order chi connectivity index (χ0) is 20.0. The summed E-state index contributed by atoms with van der Waals surface area (Å²) in [6.45, 7) is 0.198. The van der Waals surface area contributed by atoms with Crippen LogP contribution >= 0.6 is 34.9 Å². The van der Waals surface area contributed by atoms with E-state index in [0.717, 1.165) is 0 Å². The van der Waals surface area contributed by atoms with Gasteiger partial charge in [0.25, 0.3) is 5.91 Å². The van der Waals surface area contributed by atoms with Crippen molar-refractivity contribution in [3.8, 4) is 0 Å². The summed E-state index contributed by atoms with van der Waals surface area (Å²) < 4.78 is 41.2. The van der Waals surface area contributed by atoms with Crippen LogP contribution < -0.4 is 5.32 Å². The Kier molecular flexibility index (Phi) is 5.26. The van der Waals surface area contributed by atoms with Crippen LogP contribution in [0.15, 0.2) is 35.2 Å². The van der Waals surface area contributed by atoms with E-state index in [0.29, 0.717) is 21.7 Å². The summed E-state index contributed by atoms with van der Waals surface area (Å²) in [5.41, 5.74) is -3.44. The van der Waals surface area contributed by atoms with E-state index in [1.54, 1.807) is 24.1 Å². The maximum atomic E-state index is 14.1. The van der Waals surface area contributed by atoms with Crippen molar-refractivity contribution in [1.82, 2.24) is 14.9 Å². The number of nitrogens with zero attached hydrogens (tertiary/aromatic N) is 2. The zero-order valence-electron chi connectivity index (χ0n) is 13.7. The van der Waals surface area contributed by atoms with Gasteiger partial charge in [-0.1, -0.05) is 0 Å². The predicted molar refractivity (Wildman–Crippen MR) is 99.8 cm³/mol. The highest BCUT2D eigenvalue weighted by molar-refractivity contribution is 9.10. The Bertz CT molecular complexity index is 1080. The lowest BCUT2D eigenvalue weighted by Crippen LogP contribution is -2.22. The first kappa shape index (κ1) is 20.1. The molecule has 7 nitrogen and oxygen atoms in total. The Morgan fingerprint density at radius 3 is 2.74 bits per heavy atom. The SMILES string of the molecule is Cn1cnc(CNC(=O)c2ccc3sc(C(F)(F)P(=O)(O)O)c(Br)c3c2)c1. The van der Waals surface area contributed by atoms with Crippen LogP contribution in [0.2, 0.25) is 0 Å². The van der Waals surface area contributed by atoms with Gasteiger partial charge in [-0.2, -0.15) is 8.78 Å². The topological polar surface area (TPSA) is 104 Å². The van der Waals surface area contributed by atoms with Crippen molar-refractivity contribution in [3.05, 3.63) is 51.3 Å². The molecular formula is C15H13BrF2N3O4PS. The van der Waals surface area contributed by atoms with Gasteiger partial charge in [-0.05, 0) is 34.1 Å². The number of amides is 1. The maximum Gasteiger partial charge on any atom is 0.400 e. The fourth-order valence-electron chi connectivity index (χ4n) is 2.37. The van der Waals surface area contributed by atoms with E-state index in [1.807, 2.05) is 0 Å². The average molecular weight is 480 g/mol. The van der Waals surface area contributed by atoms with Gasteiger partial charge >= 0.3 is 13.3 Å². The zero-order valence-corrected chi connectivity index (χ0v) is 17.0. The minimum atomic E-state index is -5.69. The van der Waals surface area contributed by atoms with Crippen LogP contribution in [-0.4, -0.2) is 25.2 Å². The molecule has 0 unspecified atom stereocenters. The van der Waals surface area contributed by atoms with E-state index in [-0.39, 0.29) is 22.0 Å². The molecule has 144 valence electrons. The van der Waals surface area contributed by atoms with Gasteiger partial charge in [0.1, 0.15) is 4.88 Å². The van der Waals surface area contributed by atoms with E-state index in [4.69, 9.17) is 9.79 Å². The Hall–Kier alpha value is -1.65. The van der Waals surface area contributed by atoms with Crippen LogP contribution in [0.3, 0.4) is 0 Å². The first-order valence-corrected chi connectivity index (χ1v) is 10.6. The summed E-state index contributed by atoms with van der Waals surface area (Å²) >= 11 is 3.54. The van der Waals surface area contributed by atoms with Crippen molar-refractivity contribution < 1.29 is 27.9 Å². The molecule has 0 fully saturated rings. The molecule has 0 aliphatic heterocycles. The number of alkyl halides is 2. The van der Waals surface area contributed by atoms with E-state index < -0.39 is 24.0 Å². The van der Waals surface area contributed by atoms with Crippen molar-refractivity contribution >= 4 is 50.9 Å². The third-order valence-corrected chi connectivity index (χ3v) is 7.15. The van der Waals surface area contributed by atoms with Crippen LogP contribution in [0.4, 0.5) is 8.78 Å². The molecule has 0 saturated carbocycles. The molecular weight excluding hydrogens is 467 g/mol. The summed E-state index contributed by atoms with van der Waals surface area (Å²) in [5, 5.41) is 2.95. The number of rotatable bonds is 5. The number of carbonyl (C=O) groups excluding carboxylic acids is 1. The molecule has 0 spiro atoms. The van der Waals surface area contributed by atoms with Crippen LogP contribution in [0.5, 0.6) is 0 Å². The molecule has 3 rings (SSSR count). The van der Waals surface area contributed by atoms with Crippen LogP contribution in [0, 0.1) is 0 Å². The van der Waals surface area contributed by atoms with Crippen molar-refractivity contribution in [2.75, 3.05) is 0 Å². The number of thiophene rings is 1. The first-order chi connectivity index (χ1) is 12.5. The van der Waals surface area contributed by atoms with E-state index in [9.17, 15) is 18.1 Å².